The maximum atomic E-state index is 13.6. The van der Waals surface area contributed by atoms with Crippen LogP contribution < -0.4 is 26.0 Å². The zero-order chi connectivity index (χ0) is 33.8. The van der Waals surface area contributed by atoms with E-state index in [0.717, 1.165) is 18.7 Å². The van der Waals surface area contributed by atoms with Crippen LogP contribution in [0.3, 0.4) is 0 Å². The smallest absolute Gasteiger partial charge is 0.255 e. The lowest BCUT2D eigenvalue weighted by Gasteiger charge is -2.28. The highest BCUT2D eigenvalue weighted by Gasteiger charge is 2.32. The number of morpholine rings is 1. The van der Waals surface area contributed by atoms with E-state index in [4.69, 9.17) is 9.47 Å². The maximum absolute atomic E-state index is 13.6. The van der Waals surface area contributed by atoms with E-state index in [1.54, 1.807) is 38.1 Å². The van der Waals surface area contributed by atoms with Gasteiger partial charge in [-0.15, -0.1) is 0 Å². The van der Waals surface area contributed by atoms with Crippen molar-refractivity contribution < 1.29 is 33.4 Å². The number of benzene rings is 2. The largest absolute Gasteiger partial charge is 0.491 e. The number of fused-ring (bicyclic) bond motifs is 1. The second-order valence-corrected chi connectivity index (χ2v) is 12.2. The zero-order valence-corrected chi connectivity index (χ0v) is 27.3. The van der Waals surface area contributed by atoms with E-state index in [1.165, 1.54) is 11.9 Å². The van der Waals surface area contributed by atoms with Gasteiger partial charge in [-0.05, 0) is 30.0 Å². The minimum absolute atomic E-state index is 0.0305. The summed E-state index contributed by atoms with van der Waals surface area (Å²) in [6, 6.07) is 13.5. The molecule has 5 amide bonds. The van der Waals surface area contributed by atoms with E-state index in [1.807, 2.05) is 30.3 Å². The Morgan fingerprint density at radius 3 is 2.36 bits per heavy atom. The number of ether oxygens (including phenoxy) is 2. The second kappa shape index (κ2) is 17.4. The van der Waals surface area contributed by atoms with Gasteiger partial charge in [-0.3, -0.25) is 28.9 Å². The lowest BCUT2D eigenvalue weighted by Crippen LogP contribution is -2.55. The summed E-state index contributed by atoms with van der Waals surface area (Å²) in [4.78, 5) is 70.4. The van der Waals surface area contributed by atoms with Crippen LogP contribution in [0.25, 0.3) is 0 Å². The molecule has 4 rings (SSSR count). The van der Waals surface area contributed by atoms with Gasteiger partial charge in [-0.2, -0.15) is 0 Å². The number of hydrogen-bond acceptors (Lipinski definition) is 8. The highest BCUT2D eigenvalue weighted by molar-refractivity contribution is 6.01. The molecule has 1 saturated heterocycles. The number of nitrogens with zero attached hydrogens (tertiary/aromatic N) is 2. The summed E-state index contributed by atoms with van der Waals surface area (Å²) in [5, 5.41) is 11.3. The molecule has 47 heavy (non-hydrogen) atoms. The van der Waals surface area contributed by atoms with Crippen molar-refractivity contribution in [3.05, 3.63) is 65.7 Å². The summed E-state index contributed by atoms with van der Waals surface area (Å²) < 4.78 is 11.5. The molecule has 2 aromatic rings. The van der Waals surface area contributed by atoms with E-state index in [-0.39, 0.29) is 30.4 Å². The van der Waals surface area contributed by atoms with Crippen molar-refractivity contribution in [3.8, 4) is 5.75 Å². The Balaban J connectivity index is 1.59. The van der Waals surface area contributed by atoms with Gasteiger partial charge in [0.2, 0.25) is 23.6 Å². The Morgan fingerprint density at radius 2 is 1.64 bits per heavy atom. The molecule has 13 heteroatoms. The first-order valence-corrected chi connectivity index (χ1v) is 16.1. The van der Waals surface area contributed by atoms with Gasteiger partial charge in [0.25, 0.3) is 5.91 Å². The van der Waals surface area contributed by atoms with Crippen molar-refractivity contribution in [2.24, 2.45) is 5.92 Å². The summed E-state index contributed by atoms with van der Waals surface area (Å²) in [7, 11) is 1.50. The summed E-state index contributed by atoms with van der Waals surface area (Å²) >= 11 is 0. The number of hydrogen-bond donors (Lipinski definition) is 4. The van der Waals surface area contributed by atoms with Crippen LogP contribution in [0.4, 0.5) is 0 Å². The predicted molar refractivity (Wildman–Crippen MR) is 175 cm³/mol. The Morgan fingerprint density at radius 1 is 0.936 bits per heavy atom. The third-order valence-electron chi connectivity index (χ3n) is 8.11. The van der Waals surface area contributed by atoms with Gasteiger partial charge in [0.1, 0.15) is 24.4 Å². The molecule has 0 radical (unpaired) electrons. The molecule has 2 aliphatic heterocycles. The van der Waals surface area contributed by atoms with E-state index in [0.29, 0.717) is 32.7 Å². The SMILES string of the molecule is CC(C)[C@@H]1NC(=O)C[C@@H](C(=O)NCCN2CCOCC2)NC(=O)c2ccccc2OC[C@@H](Cc2ccccc2)NC(=O)CN(C)C1=O. The van der Waals surface area contributed by atoms with Crippen molar-refractivity contribution in [1.82, 2.24) is 31.1 Å². The fourth-order valence-electron chi connectivity index (χ4n) is 5.49. The molecular weight excluding hydrogens is 604 g/mol. The van der Waals surface area contributed by atoms with Crippen LogP contribution in [0.2, 0.25) is 0 Å². The highest BCUT2D eigenvalue weighted by Crippen LogP contribution is 2.19. The summed E-state index contributed by atoms with van der Waals surface area (Å²) in [6.45, 7) is 6.99. The molecule has 0 aliphatic carbocycles. The Hall–Kier alpha value is -4.49. The van der Waals surface area contributed by atoms with E-state index in [2.05, 4.69) is 26.2 Å². The molecule has 254 valence electrons. The van der Waals surface area contributed by atoms with Gasteiger partial charge in [-0.25, -0.2) is 0 Å². The molecule has 4 N–H and O–H groups in total. The molecule has 0 spiro atoms. The Bertz CT molecular complexity index is 1380. The first-order valence-electron chi connectivity index (χ1n) is 16.1. The molecule has 3 atom stereocenters. The van der Waals surface area contributed by atoms with Crippen LogP contribution in [-0.2, 0) is 30.3 Å². The fraction of sp³-hybridized carbons (Fsp3) is 0.500. The normalized spacial score (nSPS) is 22.3. The molecule has 2 aromatic carbocycles. The molecular formula is C34H46N6O7. The number of carbonyl (C=O) groups is 5. The van der Waals surface area contributed by atoms with Crippen molar-refractivity contribution in [2.45, 2.75) is 44.8 Å². The summed E-state index contributed by atoms with van der Waals surface area (Å²) in [6.07, 6.45) is 0.0357. The summed E-state index contributed by atoms with van der Waals surface area (Å²) in [5.74, 6) is -2.65. The first kappa shape index (κ1) is 35.4. The molecule has 0 unspecified atom stereocenters. The van der Waals surface area contributed by atoms with Gasteiger partial charge in [-0.1, -0.05) is 56.3 Å². The fourth-order valence-corrected chi connectivity index (χ4v) is 5.49. The van der Waals surface area contributed by atoms with Crippen LogP contribution in [0.5, 0.6) is 5.75 Å². The minimum Gasteiger partial charge on any atom is -0.491 e. The van der Waals surface area contributed by atoms with Gasteiger partial charge in [0, 0.05) is 33.2 Å². The summed E-state index contributed by atoms with van der Waals surface area (Å²) in [5.41, 5.74) is 1.14. The molecule has 0 bridgehead atoms. The third-order valence-corrected chi connectivity index (χ3v) is 8.11. The average Bonchev–Trinajstić information content (AvgIpc) is 3.06. The van der Waals surface area contributed by atoms with Crippen LogP contribution in [0, 0.1) is 5.92 Å². The van der Waals surface area contributed by atoms with Crippen molar-refractivity contribution >= 4 is 29.5 Å². The maximum Gasteiger partial charge on any atom is 0.255 e. The van der Waals surface area contributed by atoms with Crippen LogP contribution in [-0.4, -0.2) is 117 Å². The van der Waals surface area contributed by atoms with Gasteiger partial charge >= 0.3 is 0 Å². The van der Waals surface area contributed by atoms with E-state index < -0.39 is 54.1 Å². The van der Waals surface area contributed by atoms with Gasteiger partial charge < -0.3 is 35.6 Å². The number of carbonyl (C=O) groups excluding carboxylic acids is 5. The number of amides is 5. The van der Waals surface area contributed by atoms with Crippen LogP contribution in [0.15, 0.2) is 54.6 Å². The quantitative estimate of drug-likeness (QED) is 0.334. The van der Waals surface area contributed by atoms with Crippen LogP contribution >= 0.6 is 0 Å². The van der Waals surface area contributed by atoms with Gasteiger partial charge in [0.15, 0.2) is 0 Å². The monoisotopic (exact) mass is 650 g/mol. The first-order chi connectivity index (χ1) is 22.6. The van der Waals surface area contributed by atoms with Crippen LogP contribution in [0.1, 0.15) is 36.2 Å². The lowest BCUT2D eigenvalue weighted by atomic mass is 10.0. The number of rotatable bonds is 7. The molecule has 2 heterocycles. The van der Waals surface area contributed by atoms with Crippen molar-refractivity contribution in [3.63, 3.8) is 0 Å². The van der Waals surface area contributed by atoms with Crippen molar-refractivity contribution in [1.29, 1.82) is 0 Å². The van der Waals surface area contributed by atoms with Gasteiger partial charge in [0.05, 0.1) is 37.8 Å². The standard InChI is InChI=1S/C34H46N6O7/c1-23(2)31-34(45)39(3)21-30(42)36-25(19-24-9-5-4-6-10-24)22-47-28-12-8-7-11-26(28)32(43)37-27(20-29(41)38-31)33(44)35-13-14-40-15-17-46-18-16-40/h4-12,23,25,27,31H,13-22H2,1-3H3,(H,35,44)(H,36,42)(H,37,43)(H,38,41)/t25-,27+,31+/m1/s1. The number of likely N-dealkylation sites (N-methyl/N-ethyl adjacent to an activating group) is 1. The van der Waals surface area contributed by atoms with E-state index in [9.17, 15) is 24.0 Å². The highest BCUT2D eigenvalue weighted by atomic mass is 16.5. The predicted octanol–water partition coefficient (Wildman–Crippen LogP) is 0.343. The zero-order valence-electron chi connectivity index (χ0n) is 27.3. The Labute approximate surface area is 275 Å². The van der Waals surface area contributed by atoms with Crippen molar-refractivity contribution in [2.75, 3.05) is 59.6 Å². The lowest BCUT2D eigenvalue weighted by molar-refractivity contribution is -0.139. The number of para-hydroxylation sites is 1. The molecule has 0 aromatic heterocycles. The molecule has 1 fully saturated rings. The Kier molecular flexibility index (Phi) is 13.1. The molecule has 13 nitrogen and oxygen atoms in total. The topological polar surface area (TPSA) is 158 Å². The molecule has 2 aliphatic rings. The third kappa shape index (κ3) is 10.8. The molecule has 0 saturated carbocycles. The second-order valence-electron chi connectivity index (χ2n) is 12.2. The minimum atomic E-state index is -1.23. The van der Waals surface area contributed by atoms with E-state index >= 15 is 0 Å². The number of nitrogens with one attached hydrogen (secondary N) is 4. The average molecular weight is 651 g/mol.